The van der Waals surface area contributed by atoms with Crippen LogP contribution in [0.2, 0.25) is 0 Å². The summed E-state index contributed by atoms with van der Waals surface area (Å²) in [6.07, 6.45) is 1.89. The van der Waals surface area contributed by atoms with E-state index >= 15 is 0 Å². The fourth-order valence-electron chi connectivity index (χ4n) is 2.79. The number of nitrogens with one attached hydrogen (secondary N) is 1. The highest BCUT2D eigenvalue weighted by Gasteiger charge is 2.23. The van der Waals surface area contributed by atoms with Gasteiger partial charge >= 0.3 is 5.97 Å². The predicted octanol–water partition coefficient (Wildman–Crippen LogP) is 1.89. The molecule has 1 aliphatic rings. The van der Waals surface area contributed by atoms with Gasteiger partial charge in [0.15, 0.2) is 0 Å². The van der Waals surface area contributed by atoms with Crippen LogP contribution in [0, 0.1) is 0 Å². The normalized spacial score (nSPS) is 13.1. The summed E-state index contributed by atoms with van der Waals surface area (Å²) in [6, 6.07) is 5.53. The van der Waals surface area contributed by atoms with Crippen LogP contribution in [-0.4, -0.2) is 44.7 Å². The van der Waals surface area contributed by atoms with Crippen molar-refractivity contribution in [2.45, 2.75) is 32.6 Å². The first kappa shape index (κ1) is 18.9. The maximum atomic E-state index is 12.2. The van der Waals surface area contributed by atoms with Gasteiger partial charge in [0, 0.05) is 31.5 Å². The van der Waals surface area contributed by atoms with Crippen LogP contribution in [-0.2, 0) is 30.3 Å². The van der Waals surface area contributed by atoms with Gasteiger partial charge in [0.1, 0.15) is 6.61 Å². The van der Waals surface area contributed by atoms with Crippen molar-refractivity contribution < 1.29 is 23.9 Å². The molecule has 0 radical (unpaired) electrons. The van der Waals surface area contributed by atoms with E-state index in [1.807, 2.05) is 12.1 Å². The second kappa shape index (κ2) is 9.17. The summed E-state index contributed by atoms with van der Waals surface area (Å²) >= 11 is 0. The van der Waals surface area contributed by atoms with E-state index in [0.29, 0.717) is 18.8 Å². The number of benzene rings is 1. The van der Waals surface area contributed by atoms with E-state index in [1.165, 1.54) is 7.11 Å². The molecule has 1 N–H and O–H groups in total. The van der Waals surface area contributed by atoms with Crippen molar-refractivity contribution in [2.24, 2.45) is 0 Å². The fourth-order valence-corrected chi connectivity index (χ4v) is 2.79. The van der Waals surface area contributed by atoms with Crippen LogP contribution in [0.25, 0.3) is 0 Å². The topological polar surface area (TPSA) is 84.9 Å². The van der Waals surface area contributed by atoms with E-state index in [0.717, 1.165) is 24.1 Å². The van der Waals surface area contributed by atoms with Gasteiger partial charge in [0.25, 0.3) is 5.91 Å². The molecule has 2 amide bonds. The van der Waals surface area contributed by atoms with Crippen LogP contribution in [0.3, 0.4) is 0 Å². The Kier molecular flexibility index (Phi) is 6.94. The number of aryl methyl sites for hydroxylation is 1. The Morgan fingerprint density at radius 2 is 2.04 bits per heavy atom. The number of amides is 2. The molecule has 136 valence electrons. The van der Waals surface area contributed by atoms with E-state index in [4.69, 9.17) is 9.47 Å². The quantitative estimate of drug-likeness (QED) is 0.761. The summed E-state index contributed by atoms with van der Waals surface area (Å²) in [7, 11) is 1.49. The minimum atomic E-state index is -0.389. The van der Waals surface area contributed by atoms with Crippen molar-refractivity contribution in [1.82, 2.24) is 0 Å². The molecule has 1 heterocycles. The Labute approximate surface area is 147 Å². The minimum Gasteiger partial charge on any atom is -0.466 e. The molecule has 0 fully saturated rings. The van der Waals surface area contributed by atoms with Gasteiger partial charge in [-0.05, 0) is 37.5 Å². The summed E-state index contributed by atoms with van der Waals surface area (Å²) < 4.78 is 9.74. The second-order valence-corrected chi connectivity index (χ2v) is 5.78. The number of hydrogen-bond donors (Lipinski definition) is 1. The Balaban J connectivity index is 2.03. The van der Waals surface area contributed by atoms with Gasteiger partial charge in [-0.25, -0.2) is 0 Å². The number of carbonyl (C=O) groups excluding carboxylic acids is 3. The summed E-state index contributed by atoms with van der Waals surface area (Å²) in [5.74, 6) is -0.757. The molecule has 2 rings (SSSR count). The van der Waals surface area contributed by atoms with Crippen molar-refractivity contribution in [3.8, 4) is 0 Å². The van der Waals surface area contributed by atoms with Crippen molar-refractivity contribution in [3.63, 3.8) is 0 Å². The highest BCUT2D eigenvalue weighted by Crippen LogP contribution is 2.30. The molecule has 0 saturated carbocycles. The lowest BCUT2D eigenvalue weighted by atomic mass is 10.0. The second-order valence-electron chi connectivity index (χ2n) is 5.78. The molecule has 7 nitrogen and oxygen atoms in total. The zero-order valence-corrected chi connectivity index (χ0v) is 14.7. The minimum absolute atomic E-state index is 0.0234. The van der Waals surface area contributed by atoms with Gasteiger partial charge in [0.2, 0.25) is 5.91 Å². The van der Waals surface area contributed by atoms with E-state index in [9.17, 15) is 14.4 Å². The number of carbonyl (C=O) groups is 3. The molecule has 0 unspecified atom stereocenters. The van der Waals surface area contributed by atoms with E-state index < -0.39 is 0 Å². The van der Waals surface area contributed by atoms with Gasteiger partial charge in [-0.2, -0.15) is 0 Å². The molecule has 0 aliphatic carbocycles. The molecule has 0 saturated heterocycles. The van der Waals surface area contributed by atoms with Gasteiger partial charge in [0.05, 0.1) is 13.0 Å². The van der Waals surface area contributed by atoms with Gasteiger partial charge < -0.3 is 19.7 Å². The summed E-state index contributed by atoms with van der Waals surface area (Å²) in [5.41, 5.74) is 2.47. The summed E-state index contributed by atoms with van der Waals surface area (Å²) in [4.78, 5) is 37.2. The number of hydrogen-bond acceptors (Lipinski definition) is 5. The summed E-state index contributed by atoms with van der Waals surface area (Å²) in [6.45, 7) is 2.68. The van der Waals surface area contributed by atoms with E-state index in [2.05, 4.69) is 5.32 Å². The molecule has 0 spiro atoms. The molecular formula is C18H24N2O5. The van der Waals surface area contributed by atoms with Gasteiger partial charge in [-0.3, -0.25) is 14.4 Å². The average Bonchev–Trinajstić information content (AvgIpc) is 2.60. The lowest BCUT2D eigenvalue weighted by molar-refractivity contribution is -0.144. The number of nitrogens with zero attached hydrogens (tertiary/aromatic N) is 1. The van der Waals surface area contributed by atoms with Crippen LogP contribution in [0.15, 0.2) is 18.2 Å². The van der Waals surface area contributed by atoms with Gasteiger partial charge in [-0.15, -0.1) is 0 Å². The Morgan fingerprint density at radius 3 is 2.76 bits per heavy atom. The van der Waals surface area contributed by atoms with Crippen LogP contribution < -0.4 is 10.2 Å². The Morgan fingerprint density at radius 1 is 1.24 bits per heavy atom. The summed E-state index contributed by atoms with van der Waals surface area (Å²) in [5, 5.41) is 2.77. The van der Waals surface area contributed by atoms with Crippen LogP contribution in [0.4, 0.5) is 11.4 Å². The van der Waals surface area contributed by atoms with Crippen molar-refractivity contribution in [3.05, 3.63) is 23.8 Å². The Bertz CT molecular complexity index is 644. The zero-order chi connectivity index (χ0) is 18.2. The van der Waals surface area contributed by atoms with Crippen molar-refractivity contribution in [1.29, 1.82) is 0 Å². The van der Waals surface area contributed by atoms with Crippen molar-refractivity contribution >= 4 is 29.2 Å². The fraction of sp³-hybridized carbons (Fsp3) is 0.500. The standard InChI is InChI=1S/C18H24N2O5/c1-3-25-18(23)9-8-16(21)19-14-7-6-13-5-4-10-20(15(13)11-14)17(22)12-24-2/h6-7,11H,3-5,8-10,12H2,1-2H3,(H,19,21). The largest absolute Gasteiger partial charge is 0.466 e. The molecule has 0 aromatic heterocycles. The molecule has 0 atom stereocenters. The number of rotatable bonds is 7. The number of methoxy groups -OCH3 is 1. The van der Waals surface area contributed by atoms with Crippen LogP contribution in [0.1, 0.15) is 31.7 Å². The maximum Gasteiger partial charge on any atom is 0.306 e. The molecule has 1 aromatic rings. The highest BCUT2D eigenvalue weighted by atomic mass is 16.5. The Hall–Kier alpha value is -2.41. The average molecular weight is 348 g/mol. The first-order chi connectivity index (χ1) is 12.0. The lowest BCUT2D eigenvalue weighted by Gasteiger charge is -2.29. The molecular weight excluding hydrogens is 324 g/mol. The molecule has 1 aromatic carbocycles. The SMILES string of the molecule is CCOC(=O)CCC(=O)Nc1ccc2c(c1)N(C(=O)COC)CCC2. The number of esters is 1. The third-order valence-corrected chi connectivity index (χ3v) is 3.92. The number of ether oxygens (including phenoxy) is 2. The number of anilines is 2. The predicted molar refractivity (Wildman–Crippen MR) is 93.5 cm³/mol. The molecule has 7 heteroatoms. The van der Waals surface area contributed by atoms with Crippen molar-refractivity contribution in [2.75, 3.05) is 37.1 Å². The molecule has 1 aliphatic heterocycles. The third-order valence-electron chi connectivity index (χ3n) is 3.92. The van der Waals surface area contributed by atoms with Gasteiger partial charge in [-0.1, -0.05) is 6.07 Å². The highest BCUT2D eigenvalue weighted by molar-refractivity contribution is 5.97. The molecule has 0 bridgehead atoms. The van der Waals surface area contributed by atoms with E-state index in [-0.39, 0.29) is 37.2 Å². The zero-order valence-electron chi connectivity index (χ0n) is 14.7. The smallest absolute Gasteiger partial charge is 0.306 e. The van der Waals surface area contributed by atoms with Crippen LogP contribution >= 0.6 is 0 Å². The monoisotopic (exact) mass is 348 g/mol. The first-order valence-corrected chi connectivity index (χ1v) is 8.42. The lowest BCUT2D eigenvalue weighted by Crippen LogP contribution is -2.37. The van der Waals surface area contributed by atoms with E-state index in [1.54, 1.807) is 17.9 Å². The number of fused-ring (bicyclic) bond motifs is 1. The molecule has 25 heavy (non-hydrogen) atoms. The van der Waals surface area contributed by atoms with Crippen LogP contribution in [0.5, 0.6) is 0 Å². The third kappa shape index (κ3) is 5.29. The maximum absolute atomic E-state index is 12.2. The first-order valence-electron chi connectivity index (χ1n) is 8.42.